The summed E-state index contributed by atoms with van der Waals surface area (Å²) in [5, 5.41) is 12.1. The number of methoxy groups -OCH3 is 1. The molecule has 144 valence electrons. The molecule has 8 heteroatoms. The minimum Gasteiger partial charge on any atom is -0.468 e. The fourth-order valence-electron chi connectivity index (χ4n) is 2.50. The third kappa shape index (κ3) is 6.72. The summed E-state index contributed by atoms with van der Waals surface area (Å²) in [6.07, 6.45) is -1.24. The van der Waals surface area contributed by atoms with Crippen molar-refractivity contribution in [1.29, 1.82) is 0 Å². The van der Waals surface area contributed by atoms with Gasteiger partial charge in [0.25, 0.3) is 0 Å². The van der Waals surface area contributed by atoms with Crippen LogP contribution < -0.4 is 5.32 Å². The molecule has 0 aromatic heterocycles. The molecule has 2 atom stereocenters. The molecule has 1 aliphatic rings. The minimum absolute atomic E-state index is 0.0801. The molecule has 1 rings (SSSR count). The molecule has 1 heterocycles. The average molecular weight is 359 g/mol. The number of hydrogen-bond acceptors (Lipinski definition) is 7. The van der Waals surface area contributed by atoms with Gasteiger partial charge >= 0.3 is 5.97 Å². The highest BCUT2D eigenvalue weighted by Gasteiger charge is 2.45. The molecule has 1 unspecified atom stereocenters. The van der Waals surface area contributed by atoms with Crippen molar-refractivity contribution in [2.75, 3.05) is 20.3 Å². The molecule has 1 saturated heterocycles. The quantitative estimate of drug-likeness (QED) is 0.609. The van der Waals surface area contributed by atoms with Crippen molar-refractivity contribution in [1.82, 2.24) is 5.32 Å². The van der Waals surface area contributed by atoms with Gasteiger partial charge in [0.05, 0.1) is 13.7 Å². The highest BCUT2D eigenvalue weighted by Crippen LogP contribution is 2.35. The van der Waals surface area contributed by atoms with Crippen molar-refractivity contribution >= 4 is 17.7 Å². The van der Waals surface area contributed by atoms with Crippen molar-refractivity contribution in [2.24, 2.45) is 5.41 Å². The Morgan fingerprint density at radius 3 is 2.52 bits per heavy atom. The van der Waals surface area contributed by atoms with E-state index in [9.17, 15) is 19.5 Å². The van der Waals surface area contributed by atoms with Crippen molar-refractivity contribution in [3.05, 3.63) is 0 Å². The number of nitrogens with one attached hydrogen (secondary N) is 1. The maximum Gasteiger partial charge on any atom is 0.325 e. The molecule has 0 aliphatic carbocycles. The predicted octanol–water partition coefficient (Wildman–Crippen LogP) is 0.554. The maximum absolute atomic E-state index is 12.5. The van der Waals surface area contributed by atoms with Crippen LogP contribution in [0.3, 0.4) is 0 Å². The SMILES string of the molecule is COC(=O)CNC(=O)C(O)CCCC(=O)[C@@H]1OC(C)(C)OCC1(C)C. The van der Waals surface area contributed by atoms with Crippen molar-refractivity contribution < 1.29 is 33.7 Å². The lowest BCUT2D eigenvalue weighted by Crippen LogP contribution is -2.53. The number of hydrogen-bond donors (Lipinski definition) is 2. The second-order valence-corrected chi connectivity index (χ2v) is 7.34. The molecule has 0 aromatic carbocycles. The first kappa shape index (κ1) is 21.5. The average Bonchev–Trinajstić information content (AvgIpc) is 2.54. The number of aliphatic hydroxyl groups is 1. The number of ether oxygens (including phenoxy) is 3. The van der Waals surface area contributed by atoms with Gasteiger partial charge in [-0.05, 0) is 26.7 Å². The first-order valence-electron chi connectivity index (χ1n) is 8.35. The summed E-state index contributed by atoms with van der Waals surface area (Å²) in [4.78, 5) is 35.1. The van der Waals surface area contributed by atoms with E-state index in [1.54, 1.807) is 13.8 Å². The number of carbonyl (C=O) groups excluding carboxylic acids is 3. The van der Waals surface area contributed by atoms with E-state index in [-0.39, 0.29) is 25.2 Å². The molecule has 0 spiro atoms. The van der Waals surface area contributed by atoms with Gasteiger partial charge in [0, 0.05) is 11.8 Å². The predicted molar refractivity (Wildman–Crippen MR) is 88.6 cm³/mol. The molecule has 1 amide bonds. The summed E-state index contributed by atoms with van der Waals surface area (Å²) in [5.41, 5.74) is -0.441. The second kappa shape index (κ2) is 8.73. The van der Waals surface area contributed by atoms with Gasteiger partial charge < -0.3 is 24.6 Å². The summed E-state index contributed by atoms with van der Waals surface area (Å²) in [6, 6.07) is 0. The molecular weight excluding hydrogens is 330 g/mol. The maximum atomic E-state index is 12.5. The lowest BCUT2D eigenvalue weighted by molar-refractivity contribution is -0.303. The van der Waals surface area contributed by atoms with E-state index in [2.05, 4.69) is 10.1 Å². The molecule has 2 N–H and O–H groups in total. The summed E-state index contributed by atoms with van der Waals surface area (Å²) in [6.45, 7) is 7.44. The fourth-order valence-corrected chi connectivity index (χ4v) is 2.50. The number of esters is 1. The number of aliphatic hydroxyl groups excluding tert-OH is 1. The Morgan fingerprint density at radius 1 is 1.28 bits per heavy atom. The zero-order valence-corrected chi connectivity index (χ0v) is 15.6. The summed E-state index contributed by atoms with van der Waals surface area (Å²) >= 11 is 0. The van der Waals surface area contributed by atoms with E-state index in [0.717, 1.165) is 0 Å². The molecule has 0 aromatic rings. The van der Waals surface area contributed by atoms with Crippen LogP contribution in [0.5, 0.6) is 0 Å². The lowest BCUT2D eigenvalue weighted by Gasteiger charge is -2.45. The zero-order valence-electron chi connectivity index (χ0n) is 15.6. The van der Waals surface area contributed by atoms with Crippen LogP contribution >= 0.6 is 0 Å². The van der Waals surface area contributed by atoms with Gasteiger partial charge in [-0.3, -0.25) is 14.4 Å². The number of carbonyl (C=O) groups is 3. The molecule has 8 nitrogen and oxygen atoms in total. The number of ketones is 1. The van der Waals surface area contributed by atoms with E-state index < -0.39 is 35.3 Å². The van der Waals surface area contributed by atoms with Gasteiger partial charge in [-0.25, -0.2) is 0 Å². The van der Waals surface area contributed by atoms with E-state index in [0.29, 0.717) is 13.0 Å². The number of rotatable bonds is 8. The largest absolute Gasteiger partial charge is 0.468 e. The van der Waals surface area contributed by atoms with Crippen LogP contribution in [0.25, 0.3) is 0 Å². The molecule has 0 radical (unpaired) electrons. The highest BCUT2D eigenvalue weighted by atomic mass is 16.7. The van der Waals surface area contributed by atoms with Crippen LogP contribution in [0, 0.1) is 5.41 Å². The van der Waals surface area contributed by atoms with Gasteiger partial charge in [0.1, 0.15) is 18.8 Å². The topological polar surface area (TPSA) is 111 Å². The Balaban J connectivity index is 2.42. The highest BCUT2D eigenvalue weighted by molar-refractivity contribution is 5.85. The Kier molecular flexibility index (Phi) is 7.52. The van der Waals surface area contributed by atoms with Crippen LogP contribution in [0.1, 0.15) is 47.0 Å². The van der Waals surface area contributed by atoms with Crippen LogP contribution in [0.4, 0.5) is 0 Å². The zero-order chi connectivity index (χ0) is 19.3. The van der Waals surface area contributed by atoms with Gasteiger partial charge in [0.15, 0.2) is 11.6 Å². The normalized spacial score (nSPS) is 22.7. The van der Waals surface area contributed by atoms with Gasteiger partial charge in [-0.15, -0.1) is 0 Å². The summed E-state index contributed by atoms with van der Waals surface area (Å²) in [5.74, 6) is -2.16. The molecule has 1 aliphatic heterocycles. The van der Waals surface area contributed by atoms with Crippen LogP contribution in [-0.4, -0.2) is 61.0 Å². The van der Waals surface area contributed by atoms with E-state index >= 15 is 0 Å². The lowest BCUT2D eigenvalue weighted by atomic mass is 9.82. The minimum atomic E-state index is -1.28. The number of Topliss-reactive ketones (excluding diaryl/α,β-unsaturated/α-hetero) is 1. The Morgan fingerprint density at radius 2 is 1.92 bits per heavy atom. The van der Waals surface area contributed by atoms with Gasteiger partial charge in [-0.1, -0.05) is 13.8 Å². The van der Waals surface area contributed by atoms with Crippen LogP contribution in [-0.2, 0) is 28.6 Å². The van der Waals surface area contributed by atoms with E-state index in [4.69, 9.17) is 9.47 Å². The van der Waals surface area contributed by atoms with Gasteiger partial charge in [0.2, 0.25) is 5.91 Å². The van der Waals surface area contributed by atoms with Gasteiger partial charge in [-0.2, -0.15) is 0 Å². The third-order valence-electron chi connectivity index (χ3n) is 4.03. The monoisotopic (exact) mass is 359 g/mol. The smallest absolute Gasteiger partial charge is 0.325 e. The van der Waals surface area contributed by atoms with E-state index in [1.807, 2.05) is 13.8 Å². The summed E-state index contributed by atoms with van der Waals surface area (Å²) in [7, 11) is 1.21. The fraction of sp³-hybridized carbons (Fsp3) is 0.824. The summed E-state index contributed by atoms with van der Waals surface area (Å²) < 4.78 is 15.7. The van der Waals surface area contributed by atoms with Crippen LogP contribution in [0.2, 0.25) is 0 Å². The number of amides is 1. The van der Waals surface area contributed by atoms with E-state index in [1.165, 1.54) is 7.11 Å². The Hall–Kier alpha value is -1.51. The second-order valence-electron chi connectivity index (χ2n) is 7.34. The Labute approximate surface area is 148 Å². The first-order chi connectivity index (χ1) is 11.5. The molecule has 0 saturated carbocycles. The van der Waals surface area contributed by atoms with Crippen molar-refractivity contribution in [3.8, 4) is 0 Å². The standard InChI is InChI=1S/C17H29NO7/c1-16(2)10-24-17(3,4)25-14(16)11(19)7-6-8-12(20)15(22)18-9-13(21)23-5/h12,14,20H,6-10H2,1-5H3,(H,18,22)/t12?,14-/m0/s1. The van der Waals surface area contributed by atoms with Crippen LogP contribution in [0.15, 0.2) is 0 Å². The molecule has 25 heavy (non-hydrogen) atoms. The Bertz CT molecular complexity index is 501. The third-order valence-corrected chi connectivity index (χ3v) is 4.03. The molecule has 1 fully saturated rings. The van der Waals surface area contributed by atoms with Crippen molar-refractivity contribution in [2.45, 2.75) is 65.0 Å². The first-order valence-corrected chi connectivity index (χ1v) is 8.35. The van der Waals surface area contributed by atoms with Crippen molar-refractivity contribution in [3.63, 3.8) is 0 Å². The molecule has 0 bridgehead atoms. The molecular formula is C17H29NO7.